The number of halogens is 2. The summed E-state index contributed by atoms with van der Waals surface area (Å²) in [7, 11) is 0. The van der Waals surface area contributed by atoms with Gasteiger partial charge in [0.2, 0.25) is 0 Å². The third kappa shape index (κ3) is 1.52. The highest BCUT2D eigenvalue weighted by Gasteiger charge is 2.05. The molecule has 0 aliphatic rings. The standard InChI is InChI=1S/C9H8ClFN2/c10-5-4-8-12-7-3-1-2-6(11)9(7)13-8/h1-3H,4-5H2,(H,12,13). The van der Waals surface area contributed by atoms with Crippen LogP contribution in [0.15, 0.2) is 18.2 Å². The molecule has 0 saturated heterocycles. The first-order chi connectivity index (χ1) is 6.31. The lowest BCUT2D eigenvalue weighted by atomic mass is 10.3. The number of hydrogen-bond acceptors (Lipinski definition) is 1. The zero-order valence-corrected chi connectivity index (χ0v) is 7.61. The summed E-state index contributed by atoms with van der Waals surface area (Å²) in [5.74, 6) is 0.922. The number of nitrogens with one attached hydrogen (secondary N) is 1. The van der Waals surface area contributed by atoms with Crippen molar-refractivity contribution >= 4 is 22.6 Å². The number of hydrogen-bond donors (Lipinski definition) is 1. The van der Waals surface area contributed by atoms with Crippen molar-refractivity contribution in [3.63, 3.8) is 0 Å². The molecular weight excluding hydrogens is 191 g/mol. The second-order valence-electron chi connectivity index (χ2n) is 2.76. The second-order valence-corrected chi connectivity index (χ2v) is 3.14. The first-order valence-corrected chi connectivity index (χ1v) is 4.54. The maximum absolute atomic E-state index is 13.1. The summed E-state index contributed by atoms with van der Waals surface area (Å²) in [6.07, 6.45) is 0.635. The quantitative estimate of drug-likeness (QED) is 0.738. The van der Waals surface area contributed by atoms with Gasteiger partial charge in [0.05, 0.1) is 5.52 Å². The van der Waals surface area contributed by atoms with Gasteiger partial charge in [-0.25, -0.2) is 9.37 Å². The van der Waals surface area contributed by atoms with Gasteiger partial charge in [0.15, 0.2) is 5.82 Å². The van der Waals surface area contributed by atoms with Crippen LogP contribution < -0.4 is 0 Å². The van der Waals surface area contributed by atoms with Gasteiger partial charge < -0.3 is 4.98 Å². The van der Waals surface area contributed by atoms with Crippen molar-refractivity contribution in [2.75, 3.05) is 5.88 Å². The minimum absolute atomic E-state index is 0.297. The number of benzene rings is 1. The van der Waals surface area contributed by atoms with E-state index in [4.69, 9.17) is 11.6 Å². The smallest absolute Gasteiger partial charge is 0.151 e. The van der Waals surface area contributed by atoms with E-state index in [0.29, 0.717) is 17.8 Å². The van der Waals surface area contributed by atoms with Gasteiger partial charge in [0.1, 0.15) is 11.3 Å². The largest absolute Gasteiger partial charge is 0.342 e. The minimum atomic E-state index is -0.297. The Hall–Kier alpha value is -1.09. The summed E-state index contributed by atoms with van der Waals surface area (Å²) in [6, 6.07) is 4.84. The van der Waals surface area contributed by atoms with E-state index in [0.717, 1.165) is 11.3 Å². The van der Waals surface area contributed by atoms with Gasteiger partial charge >= 0.3 is 0 Å². The molecule has 68 valence electrons. The highest BCUT2D eigenvalue weighted by Crippen LogP contribution is 2.14. The predicted molar refractivity (Wildman–Crippen MR) is 50.5 cm³/mol. The summed E-state index contributed by atoms with van der Waals surface area (Å²) in [5.41, 5.74) is 1.11. The summed E-state index contributed by atoms with van der Waals surface area (Å²) in [4.78, 5) is 7.09. The maximum Gasteiger partial charge on any atom is 0.151 e. The number of fused-ring (bicyclic) bond motifs is 1. The van der Waals surface area contributed by atoms with Crippen LogP contribution in [-0.2, 0) is 6.42 Å². The highest BCUT2D eigenvalue weighted by molar-refractivity contribution is 6.17. The van der Waals surface area contributed by atoms with Crippen molar-refractivity contribution in [2.45, 2.75) is 6.42 Å². The van der Waals surface area contributed by atoms with Gasteiger partial charge in [0.25, 0.3) is 0 Å². The maximum atomic E-state index is 13.1. The van der Waals surface area contributed by atoms with Crippen LogP contribution in [0.5, 0.6) is 0 Å². The van der Waals surface area contributed by atoms with E-state index in [9.17, 15) is 4.39 Å². The molecule has 0 radical (unpaired) electrons. The first-order valence-electron chi connectivity index (χ1n) is 4.00. The van der Waals surface area contributed by atoms with E-state index in [1.165, 1.54) is 6.07 Å². The van der Waals surface area contributed by atoms with Crippen LogP contribution in [0.4, 0.5) is 4.39 Å². The number of imidazole rings is 1. The van der Waals surface area contributed by atoms with E-state index >= 15 is 0 Å². The van der Waals surface area contributed by atoms with E-state index in [-0.39, 0.29) is 5.82 Å². The number of alkyl halides is 1. The van der Waals surface area contributed by atoms with Crippen LogP contribution in [-0.4, -0.2) is 15.8 Å². The fraction of sp³-hybridized carbons (Fsp3) is 0.222. The van der Waals surface area contributed by atoms with Crippen LogP contribution >= 0.6 is 11.6 Å². The molecule has 0 saturated carbocycles. The monoisotopic (exact) mass is 198 g/mol. The molecule has 0 fully saturated rings. The summed E-state index contributed by atoms with van der Waals surface area (Å²) < 4.78 is 13.1. The van der Waals surface area contributed by atoms with Crippen LogP contribution in [0.1, 0.15) is 5.82 Å². The molecule has 0 unspecified atom stereocenters. The zero-order chi connectivity index (χ0) is 9.26. The highest BCUT2D eigenvalue weighted by atomic mass is 35.5. The van der Waals surface area contributed by atoms with E-state index in [1.54, 1.807) is 12.1 Å². The molecule has 0 aliphatic heterocycles. The van der Waals surface area contributed by atoms with Crippen molar-refractivity contribution < 1.29 is 4.39 Å². The van der Waals surface area contributed by atoms with Crippen LogP contribution in [0.25, 0.3) is 11.0 Å². The Balaban J connectivity index is 2.55. The Morgan fingerprint density at radius 1 is 1.46 bits per heavy atom. The van der Waals surface area contributed by atoms with Gasteiger partial charge in [-0.05, 0) is 12.1 Å². The van der Waals surface area contributed by atoms with Crippen LogP contribution in [0.2, 0.25) is 0 Å². The summed E-state index contributed by atoms with van der Waals surface area (Å²) >= 11 is 5.55. The number of nitrogens with zero attached hydrogens (tertiary/aromatic N) is 1. The number of rotatable bonds is 2. The average Bonchev–Trinajstić information content (AvgIpc) is 2.49. The molecule has 0 spiro atoms. The lowest BCUT2D eigenvalue weighted by Crippen LogP contribution is -1.87. The van der Waals surface area contributed by atoms with E-state index in [1.807, 2.05) is 0 Å². The van der Waals surface area contributed by atoms with Crippen molar-refractivity contribution in [1.29, 1.82) is 0 Å². The number of aromatic nitrogens is 2. The molecule has 2 nitrogen and oxygen atoms in total. The molecule has 0 aliphatic carbocycles. The van der Waals surface area contributed by atoms with Gasteiger partial charge in [-0.1, -0.05) is 6.07 Å². The molecule has 4 heteroatoms. The van der Waals surface area contributed by atoms with Crippen molar-refractivity contribution in [1.82, 2.24) is 9.97 Å². The third-order valence-corrected chi connectivity index (χ3v) is 2.03. The molecule has 1 N–H and O–H groups in total. The molecule has 1 aromatic carbocycles. The normalized spacial score (nSPS) is 10.9. The Bertz CT molecular complexity index is 424. The molecular formula is C9H8ClFN2. The number of H-pyrrole nitrogens is 1. The molecule has 1 heterocycles. The number of aryl methyl sites for hydroxylation is 1. The number of para-hydroxylation sites is 1. The zero-order valence-electron chi connectivity index (χ0n) is 6.85. The van der Waals surface area contributed by atoms with E-state index in [2.05, 4.69) is 9.97 Å². The minimum Gasteiger partial charge on any atom is -0.342 e. The van der Waals surface area contributed by atoms with Crippen molar-refractivity contribution in [3.05, 3.63) is 29.8 Å². The van der Waals surface area contributed by atoms with Gasteiger partial charge in [-0.15, -0.1) is 11.6 Å². The van der Waals surface area contributed by atoms with Gasteiger partial charge in [-0.3, -0.25) is 0 Å². The second kappa shape index (κ2) is 3.34. The topological polar surface area (TPSA) is 28.7 Å². The lowest BCUT2D eigenvalue weighted by Gasteiger charge is -1.86. The Morgan fingerprint density at radius 3 is 3.00 bits per heavy atom. The Labute approximate surface area is 79.7 Å². The summed E-state index contributed by atoms with van der Waals surface area (Å²) in [6.45, 7) is 0. The first kappa shape index (κ1) is 8.51. The molecule has 2 aromatic rings. The third-order valence-electron chi connectivity index (χ3n) is 1.84. The molecule has 2 rings (SSSR count). The fourth-order valence-electron chi connectivity index (χ4n) is 1.26. The summed E-state index contributed by atoms with van der Waals surface area (Å²) in [5, 5.41) is 0. The average molecular weight is 199 g/mol. The molecule has 1 aromatic heterocycles. The lowest BCUT2D eigenvalue weighted by molar-refractivity contribution is 0.637. The van der Waals surface area contributed by atoms with Crippen molar-refractivity contribution in [3.8, 4) is 0 Å². The number of aromatic amines is 1. The van der Waals surface area contributed by atoms with E-state index < -0.39 is 0 Å². The SMILES string of the molecule is Fc1cccc2[nH]c(CCCl)nc12. The predicted octanol–water partition coefficient (Wildman–Crippen LogP) is 2.48. The molecule has 0 atom stereocenters. The fourth-order valence-corrected chi connectivity index (χ4v) is 1.44. The molecule has 0 bridgehead atoms. The Kier molecular flexibility index (Phi) is 2.19. The molecule has 13 heavy (non-hydrogen) atoms. The van der Waals surface area contributed by atoms with Crippen LogP contribution in [0, 0.1) is 5.82 Å². The van der Waals surface area contributed by atoms with Gasteiger partial charge in [-0.2, -0.15) is 0 Å². The van der Waals surface area contributed by atoms with Gasteiger partial charge in [0, 0.05) is 12.3 Å². The van der Waals surface area contributed by atoms with Crippen molar-refractivity contribution in [2.24, 2.45) is 0 Å². The van der Waals surface area contributed by atoms with Crippen LogP contribution in [0.3, 0.4) is 0 Å². The Morgan fingerprint density at radius 2 is 2.31 bits per heavy atom. The molecule has 0 amide bonds.